The Morgan fingerprint density at radius 3 is 2.95 bits per heavy atom. The predicted molar refractivity (Wildman–Crippen MR) is 79.4 cm³/mol. The Labute approximate surface area is 119 Å². The quantitative estimate of drug-likeness (QED) is 0.868. The van der Waals surface area contributed by atoms with Crippen LogP contribution >= 0.6 is 0 Å². The lowest BCUT2D eigenvalue weighted by atomic mass is 10.2. The summed E-state index contributed by atoms with van der Waals surface area (Å²) >= 11 is 0. The van der Waals surface area contributed by atoms with Crippen LogP contribution in [0.1, 0.15) is 24.0 Å². The fourth-order valence-electron chi connectivity index (χ4n) is 2.38. The monoisotopic (exact) mass is 271 g/mol. The molecule has 0 radical (unpaired) electrons. The van der Waals surface area contributed by atoms with Crippen molar-refractivity contribution >= 4 is 5.69 Å². The number of aromatic nitrogens is 3. The number of aryl methyl sites for hydroxylation is 1. The summed E-state index contributed by atoms with van der Waals surface area (Å²) in [6.07, 6.45) is 10.4. The van der Waals surface area contributed by atoms with Gasteiger partial charge in [-0.05, 0) is 18.9 Å². The van der Waals surface area contributed by atoms with Gasteiger partial charge in [-0.1, -0.05) is 0 Å². The summed E-state index contributed by atoms with van der Waals surface area (Å²) < 4.78 is 1.84. The van der Waals surface area contributed by atoms with E-state index in [2.05, 4.69) is 39.6 Å². The number of pyridine rings is 1. The van der Waals surface area contributed by atoms with Crippen LogP contribution in [0.5, 0.6) is 0 Å². The molecular formula is C15H21N5. The Balaban J connectivity index is 1.70. The van der Waals surface area contributed by atoms with E-state index in [1.807, 2.05) is 30.3 Å². The van der Waals surface area contributed by atoms with E-state index < -0.39 is 0 Å². The maximum atomic E-state index is 4.25. The fourth-order valence-corrected chi connectivity index (χ4v) is 2.38. The van der Waals surface area contributed by atoms with Crippen molar-refractivity contribution in [1.29, 1.82) is 0 Å². The summed E-state index contributed by atoms with van der Waals surface area (Å²) in [5.41, 5.74) is 3.70. The van der Waals surface area contributed by atoms with E-state index in [0.29, 0.717) is 6.04 Å². The minimum absolute atomic E-state index is 0.715. The van der Waals surface area contributed by atoms with Gasteiger partial charge in [0.05, 0.1) is 6.20 Å². The molecule has 5 heteroatoms. The summed E-state index contributed by atoms with van der Waals surface area (Å²) in [6.45, 7) is 1.75. The van der Waals surface area contributed by atoms with Gasteiger partial charge in [0, 0.05) is 68.6 Å². The Kier molecular flexibility index (Phi) is 3.69. The van der Waals surface area contributed by atoms with Crippen LogP contribution in [0.2, 0.25) is 0 Å². The lowest BCUT2D eigenvalue weighted by Crippen LogP contribution is -2.21. The summed E-state index contributed by atoms with van der Waals surface area (Å²) in [5.74, 6) is 0. The van der Waals surface area contributed by atoms with Crippen molar-refractivity contribution in [3.8, 4) is 0 Å². The van der Waals surface area contributed by atoms with Gasteiger partial charge >= 0.3 is 0 Å². The van der Waals surface area contributed by atoms with Crippen LogP contribution in [-0.4, -0.2) is 27.9 Å². The minimum Gasteiger partial charge on any atom is -0.370 e. The maximum absolute atomic E-state index is 4.25. The number of rotatable bonds is 6. The average molecular weight is 271 g/mol. The van der Waals surface area contributed by atoms with Crippen LogP contribution in [0.15, 0.2) is 30.9 Å². The van der Waals surface area contributed by atoms with Crippen molar-refractivity contribution in [2.45, 2.75) is 32.0 Å². The molecule has 1 saturated carbocycles. The first kappa shape index (κ1) is 13.1. The topological polar surface area (TPSA) is 46.0 Å². The Morgan fingerprint density at radius 2 is 2.25 bits per heavy atom. The van der Waals surface area contributed by atoms with Gasteiger partial charge in [0.25, 0.3) is 0 Å². The van der Waals surface area contributed by atoms with Crippen LogP contribution in [0, 0.1) is 0 Å². The standard InChI is InChI=1S/C15H21N5/c1-19(10-12-7-18-20(2)11-12)15-5-6-16-8-13(15)9-17-14-3-4-14/h5-8,11,14,17H,3-4,9-10H2,1-2H3. The molecule has 0 aliphatic heterocycles. The summed E-state index contributed by atoms with van der Waals surface area (Å²) in [5, 5.41) is 7.77. The maximum Gasteiger partial charge on any atom is 0.0539 e. The molecule has 2 aromatic rings. The Morgan fingerprint density at radius 1 is 1.40 bits per heavy atom. The number of hydrogen-bond donors (Lipinski definition) is 1. The number of anilines is 1. The zero-order valence-corrected chi connectivity index (χ0v) is 12.1. The molecule has 1 aliphatic rings. The second-order valence-electron chi connectivity index (χ2n) is 5.54. The van der Waals surface area contributed by atoms with Crippen molar-refractivity contribution in [2.75, 3.05) is 11.9 Å². The number of hydrogen-bond acceptors (Lipinski definition) is 4. The predicted octanol–water partition coefficient (Wildman–Crippen LogP) is 1.70. The van der Waals surface area contributed by atoms with E-state index in [4.69, 9.17) is 0 Å². The molecule has 0 bridgehead atoms. The van der Waals surface area contributed by atoms with E-state index in [1.165, 1.54) is 29.7 Å². The van der Waals surface area contributed by atoms with Crippen LogP contribution in [0.25, 0.3) is 0 Å². The van der Waals surface area contributed by atoms with E-state index >= 15 is 0 Å². The van der Waals surface area contributed by atoms with Crippen molar-refractivity contribution in [3.63, 3.8) is 0 Å². The van der Waals surface area contributed by atoms with Crippen LogP contribution in [0.3, 0.4) is 0 Å². The normalized spacial score (nSPS) is 14.5. The van der Waals surface area contributed by atoms with Crippen molar-refractivity contribution in [3.05, 3.63) is 42.0 Å². The average Bonchev–Trinajstić information content (AvgIpc) is 3.19. The molecule has 0 aromatic carbocycles. The molecular weight excluding hydrogens is 250 g/mol. The third-order valence-electron chi connectivity index (χ3n) is 3.63. The number of nitrogens with one attached hydrogen (secondary N) is 1. The summed E-state index contributed by atoms with van der Waals surface area (Å²) in [7, 11) is 4.06. The van der Waals surface area contributed by atoms with Gasteiger partial charge in [0.15, 0.2) is 0 Å². The summed E-state index contributed by atoms with van der Waals surface area (Å²) in [6, 6.07) is 2.80. The second kappa shape index (κ2) is 5.63. The molecule has 3 rings (SSSR count). The molecule has 5 nitrogen and oxygen atoms in total. The highest BCUT2D eigenvalue weighted by molar-refractivity contribution is 5.51. The molecule has 20 heavy (non-hydrogen) atoms. The van der Waals surface area contributed by atoms with E-state index in [0.717, 1.165) is 13.1 Å². The van der Waals surface area contributed by atoms with Crippen LogP contribution in [0.4, 0.5) is 5.69 Å². The lowest BCUT2D eigenvalue weighted by molar-refractivity contribution is 0.683. The lowest BCUT2D eigenvalue weighted by Gasteiger charge is -2.21. The SMILES string of the molecule is CN(Cc1cnn(C)c1)c1ccncc1CNC1CC1. The summed E-state index contributed by atoms with van der Waals surface area (Å²) in [4.78, 5) is 6.51. The molecule has 0 amide bonds. The van der Waals surface area contributed by atoms with Crippen LogP contribution < -0.4 is 10.2 Å². The van der Waals surface area contributed by atoms with Crippen molar-refractivity contribution in [1.82, 2.24) is 20.1 Å². The number of nitrogens with zero attached hydrogens (tertiary/aromatic N) is 4. The zero-order chi connectivity index (χ0) is 13.9. The highest BCUT2D eigenvalue weighted by Crippen LogP contribution is 2.23. The highest BCUT2D eigenvalue weighted by Gasteiger charge is 2.20. The molecule has 1 aliphatic carbocycles. The van der Waals surface area contributed by atoms with Gasteiger partial charge in [-0.2, -0.15) is 5.10 Å². The molecule has 0 spiro atoms. The largest absolute Gasteiger partial charge is 0.370 e. The molecule has 1 fully saturated rings. The smallest absolute Gasteiger partial charge is 0.0539 e. The van der Waals surface area contributed by atoms with Crippen molar-refractivity contribution in [2.24, 2.45) is 7.05 Å². The fraction of sp³-hybridized carbons (Fsp3) is 0.467. The van der Waals surface area contributed by atoms with E-state index in [-0.39, 0.29) is 0 Å². The first-order valence-electron chi connectivity index (χ1n) is 7.07. The molecule has 2 aromatic heterocycles. The first-order chi connectivity index (χ1) is 9.72. The van der Waals surface area contributed by atoms with Gasteiger partial charge in [-0.15, -0.1) is 0 Å². The Hall–Kier alpha value is -1.88. The van der Waals surface area contributed by atoms with E-state index in [9.17, 15) is 0 Å². The molecule has 0 atom stereocenters. The van der Waals surface area contributed by atoms with Crippen LogP contribution in [-0.2, 0) is 20.1 Å². The molecule has 2 heterocycles. The van der Waals surface area contributed by atoms with Gasteiger partial charge in [0.1, 0.15) is 0 Å². The van der Waals surface area contributed by atoms with Crippen molar-refractivity contribution < 1.29 is 0 Å². The molecule has 106 valence electrons. The van der Waals surface area contributed by atoms with Gasteiger partial charge in [-0.3, -0.25) is 9.67 Å². The first-order valence-corrected chi connectivity index (χ1v) is 7.07. The molecule has 0 unspecified atom stereocenters. The highest BCUT2D eigenvalue weighted by atomic mass is 15.2. The van der Waals surface area contributed by atoms with Gasteiger partial charge in [0.2, 0.25) is 0 Å². The Bertz CT molecular complexity index is 573. The third-order valence-corrected chi connectivity index (χ3v) is 3.63. The molecule has 1 N–H and O–H groups in total. The van der Waals surface area contributed by atoms with E-state index in [1.54, 1.807) is 0 Å². The van der Waals surface area contributed by atoms with Gasteiger partial charge < -0.3 is 10.2 Å². The third kappa shape index (κ3) is 3.17. The van der Waals surface area contributed by atoms with Gasteiger partial charge in [-0.25, -0.2) is 0 Å². The zero-order valence-electron chi connectivity index (χ0n) is 12.1. The minimum atomic E-state index is 0.715. The second-order valence-corrected chi connectivity index (χ2v) is 5.54. The molecule has 0 saturated heterocycles.